The van der Waals surface area contributed by atoms with Crippen LogP contribution in [-0.2, 0) is 23.1 Å². The molecule has 4 aromatic rings. The van der Waals surface area contributed by atoms with Gasteiger partial charge >= 0.3 is 12.2 Å². The molecule has 2 aromatic carbocycles. The van der Waals surface area contributed by atoms with Gasteiger partial charge in [0, 0.05) is 67.3 Å². The van der Waals surface area contributed by atoms with Gasteiger partial charge in [-0.15, -0.1) is 0 Å². The zero-order valence-electron chi connectivity index (χ0n) is 25.8. The van der Waals surface area contributed by atoms with Gasteiger partial charge in [0.05, 0.1) is 22.7 Å². The minimum absolute atomic E-state index is 0.0563. The zero-order valence-corrected chi connectivity index (χ0v) is 25.8. The van der Waals surface area contributed by atoms with Crippen molar-refractivity contribution < 1.29 is 32.7 Å². The Labute approximate surface area is 268 Å². The van der Waals surface area contributed by atoms with Crippen LogP contribution in [0.15, 0.2) is 60.9 Å². The molecule has 0 atom stereocenters. The molecule has 4 amide bonds. The number of urea groups is 1. The van der Waals surface area contributed by atoms with Crippen LogP contribution in [0.3, 0.4) is 0 Å². The highest BCUT2D eigenvalue weighted by Gasteiger charge is 2.33. The van der Waals surface area contributed by atoms with E-state index < -0.39 is 29.4 Å². The minimum Gasteiger partial charge on any atom is -0.386 e. The number of imide groups is 1. The summed E-state index contributed by atoms with van der Waals surface area (Å²) in [6.07, 6.45) is 0.0357. The van der Waals surface area contributed by atoms with E-state index in [2.05, 4.69) is 20.5 Å². The standard InChI is InChI=1S/C33H34F3N7O4/c1-32(2,47)24-16-25-22(15-26(24)38-30(45)20-7-8-28(37-17-20)33(34,35)36)19-43(40-25)23-9-12-41(13-10-23)18-21-5-3-4-6-27(21)42-14-11-29(44)39-31(42)46/h3-8,15-17,19,23,47H,9-14,18H2,1-2H3,(H,38,45)(H,39,44,46). The number of carbonyl (C=O) groups excluding carboxylic acids is 3. The maximum atomic E-state index is 13.0. The van der Waals surface area contributed by atoms with Gasteiger partial charge in [-0.1, -0.05) is 18.2 Å². The molecule has 0 bridgehead atoms. The van der Waals surface area contributed by atoms with Crippen molar-refractivity contribution in [2.75, 3.05) is 29.9 Å². The van der Waals surface area contributed by atoms with Gasteiger partial charge in [0.1, 0.15) is 5.69 Å². The molecule has 2 saturated heterocycles. The highest BCUT2D eigenvalue weighted by atomic mass is 19.4. The van der Waals surface area contributed by atoms with E-state index in [0.29, 0.717) is 29.9 Å². The number of hydrogen-bond donors (Lipinski definition) is 3. The average Bonchev–Trinajstić information content (AvgIpc) is 3.44. The molecule has 246 valence electrons. The predicted molar refractivity (Wildman–Crippen MR) is 168 cm³/mol. The molecule has 0 spiro atoms. The Morgan fingerprint density at radius 2 is 1.81 bits per heavy atom. The molecule has 0 radical (unpaired) electrons. The number of rotatable bonds is 7. The lowest BCUT2D eigenvalue weighted by Crippen LogP contribution is -2.50. The Balaban J connectivity index is 1.16. The molecule has 4 heterocycles. The van der Waals surface area contributed by atoms with E-state index in [-0.39, 0.29) is 23.9 Å². The van der Waals surface area contributed by atoms with E-state index in [1.807, 2.05) is 35.1 Å². The quantitative estimate of drug-likeness (QED) is 0.250. The number of nitrogens with zero attached hydrogens (tertiary/aromatic N) is 5. The van der Waals surface area contributed by atoms with Crippen molar-refractivity contribution in [2.24, 2.45) is 0 Å². The molecule has 0 aliphatic carbocycles. The van der Waals surface area contributed by atoms with E-state index in [1.54, 1.807) is 30.9 Å². The molecule has 2 aliphatic heterocycles. The smallest absolute Gasteiger partial charge is 0.386 e. The van der Waals surface area contributed by atoms with Crippen LogP contribution >= 0.6 is 0 Å². The summed E-state index contributed by atoms with van der Waals surface area (Å²) < 4.78 is 40.7. The molecule has 47 heavy (non-hydrogen) atoms. The summed E-state index contributed by atoms with van der Waals surface area (Å²) in [5.74, 6) is -0.933. The second-order valence-corrected chi connectivity index (χ2v) is 12.4. The number of aromatic nitrogens is 3. The number of likely N-dealkylation sites (tertiary alicyclic amines) is 1. The van der Waals surface area contributed by atoms with Crippen molar-refractivity contribution in [3.63, 3.8) is 0 Å². The summed E-state index contributed by atoms with van der Waals surface area (Å²) >= 11 is 0. The van der Waals surface area contributed by atoms with Crippen LogP contribution in [0.4, 0.5) is 29.3 Å². The number of amides is 4. The van der Waals surface area contributed by atoms with Crippen molar-refractivity contribution in [3.8, 4) is 0 Å². The van der Waals surface area contributed by atoms with Crippen LogP contribution in [0.2, 0.25) is 0 Å². The van der Waals surface area contributed by atoms with Crippen LogP contribution in [0.1, 0.15) is 66.3 Å². The Hall–Kier alpha value is -4.82. The first kappa shape index (κ1) is 32.1. The van der Waals surface area contributed by atoms with Crippen LogP contribution in [0.25, 0.3) is 10.9 Å². The third-order valence-electron chi connectivity index (χ3n) is 8.55. The molecule has 2 aliphatic rings. The summed E-state index contributed by atoms with van der Waals surface area (Å²) in [6, 6.07) is 12.6. The highest BCUT2D eigenvalue weighted by Crippen LogP contribution is 2.34. The third-order valence-corrected chi connectivity index (χ3v) is 8.55. The summed E-state index contributed by atoms with van der Waals surface area (Å²) in [4.78, 5) is 44.4. The molecule has 2 fully saturated rings. The van der Waals surface area contributed by atoms with Gasteiger partial charge in [-0.05, 0) is 62.6 Å². The predicted octanol–water partition coefficient (Wildman–Crippen LogP) is 5.21. The third kappa shape index (κ3) is 6.98. The van der Waals surface area contributed by atoms with Crippen LogP contribution < -0.4 is 15.5 Å². The van der Waals surface area contributed by atoms with Gasteiger partial charge < -0.3 is 10.4 Å². The van der Waals surface area contributed by atoms with E-state index in [4.69, 9.17) is 5.10 Å². The Morgan fingerprint density at radius 3 is 2.47 bits per heavy atom. The number of benzene rings is 2. The van der Waals surface area contributed by atoms with Crippen LogP contribution in [-0.4, -0.2) is 62.3 Å². The maximum Gasteiger partial charge on any atom is 0.433 e. The summed E-state index contributed by atoms with van der Waals surface area (Å²) in [5, 5.41) is 21.5. The molecular formula is C33H34F3N7O4. The van der Waals surface area contributed by atoms with Gasteiger partial charge in [0.15, 0.2) is 0 Å². The number of anilines is 2. The Morgan fingerprint density at radius 1 is 1.06 bits per heavy atom. The summed E-state index contributed by atoms with van der Waals surface area (Å²) in [6.45, 7) is 5.71. The van der Waals surface area contributed by atoms with Gasteiger partial charge in [0.2, 0.25) is 5.91 Å². The largest absolute Gasteiger partial charge is 0.433 e. The number of hydrogen-bond acceptors (Lipinski definition) is 7. The lowest BCUT2D eigenvalue weighted by Gasteiger charge is -2.34. The number of nitrogens with one attached hydrogen (secondary N) is 2. The number of carbonyl (C=O) groups is 3. The van der Waals surface area contributed by atoms with Crippen molar-refractivity contribution in [1.29, 1.82) is 0 Å². The molecular weight excluding hydrogens is 615 g/mol. The fourth-order valence-electron chi connectivity index (χ4n) is 6.06. The SMILES string of the molecule is CC(C)(O)c1cc2nn(C3CCN(Cc4ccccc4N4CCC(=O)NC4=O)CC3)cc2cc1NC(=O)c1ccc(C(F)(F)F)nc1. The number of pyridine rings is 1. The van der Waals surface area contributed by atoms with Gasteiger partial charge in [0.25, 0.3) is 5.91 Å². The van der Waals surface area contributed by atoms with Crippen molar-refractivity contribution in [1.82, 2.24) is 25.0 Å². The Bertz CT molecular complexity index is 1820. The number of aliphatic hydroxyl groups is 1. The fraction of sp³-hybridized carbons (Fsp3) is 0.364. The van der Waals surface area contributed by atoms with Crippen LogP contribution in [0, 0.1) is 0 Å². The molecule has 0 unspecified atom stereocenters. The molecule has 2 aromatic heterocycles. The van der Waals surface area contributed by atoms with Gasteiger partial charge in [-0.3, -0.25) is 34.4 Å². The number of para-hydroxylation sites is 1. The lowest BCUT2D eigenvalue weighted by molar-refractivity contribution is -0.141. The molecule has 6 rings (SSSR count). The second kappa shape index (κ2) is 12.4. The van der Waals surface area contributed by atoms with E-state index in [0.717, 1.165) is 60.9 Å². The van der Waals surface area contributed by atoms with Crippen molar-refractivity contribution >= 4 is 40.1 Å². The first-order valence-corrected chi connectivity index (χ1v) is 15.3. The molecule has 0 saturated carbocycles. The Kier molecular flexibility index (Phi) is 8.49. The fourth-order valence-corrected chi connectivity index (χ4v) is 6.06. The van der Waals surface area contributed by atoms with Gasteiger partial charge in [-0.2, -0.15) is 18.3 Å². The zero-order chi connectivity index (χ0) is 33.5. The number of alkyl halides is 3. The average molecular weight is 650 g/mol. The van der Waals surface area contributed by atoms with Crippen LogP contribution in [0.5, 0.6) is 0 Å². The van der Waals surface area contributed by atoms with E-state index in [9.17, 15) is 32.7 Å². The number of fused-ring (bicyclic) bond motifs is 1. The summed E-state index contributed by atoms with van der Waals surface area (Å²) in [7, 11) is 0. The molecule has 3 N–H and O–H groups in total. The lowest BCUT2D eigenvalue weighted by atomic mass is 9.95. The normalized spacial score (nSPS) is 16.9. The van der Waals surface area contributed by atoms with Crippen molar-refractivity contribution in [2.45, 2.75) is 57.5 Å². The number of piperidine rings is 1. The van der Waals surface area contributed by atoms with Gasteiger partial charge in [-0.25, -0.2) is 4.79 Å². The number of halogens is 3. The first-order chi connectivity index (χ1) is 22.3. The molecule has 11 nitrogen and oxygen atoms in total. The van der Waals surface area contributed by atoms with Crippen molar-refractivity contribution in [3.05, 3.63) is 83.3 Å². The first-order valence-electron chi connectivity index (χ1n) is 15.3. The maximum absolute atomic E-state index is 13.0. The summed E-state index contributed by atoms with van der Waals surface area (Å²) in [5.41, 5.74) is 0.633. The monoisotopic (exact) mass is 649 g/mol. The second-order valence-electron chi connectivity index (χ2n) is 12.4. The topological polar surface area (TPSA) is 133 Å². The molecule has 14 heteroatoms. The van der Waals surface area contributed by atoms with E-state index in [1.165, 1.54) is 0 Å². The minimum atomic E-state index is -4.62. The highest BCUT2D eigenvalue weighted by molar-refractivity contribution is 6.06. The van der Waals surface area contributed by atoms with E-state index >= 15 is 0 Å².